The Morgan fingerprint density at radius 3 is 1.85 bits per heavy atom. The standard InChI is InChI=1S/C8H5Br2F3/c1-2-3-4(9)7(12)8(13)5(10)6(3)11/h2H2,1H3. The number of halogens is 5. The lowest BCUT2D eigenvalue weighted by molar-refractivity contribution is 0.478. The molecule has 0 aliphatic carbocycles. The average molecular weight is 318 g/mol. The van der Waals surface area contributed by atoms with Gasteiger partial charge in [0.25, 0.3) is 0 Å². The molecule has 0 unspecified atom stereocenters. The van der Waals surface area contributed by atoms with Gasteiger partial charge in [0.05, 0.1) is 8.95 Å². The lowest BCUT2D eigenvalue weighted by Crippen LogP contribution is -1.99. The van der Waals surface area contributed by atoms with Gasteiger partial charge >= 0.3 is 0 Å². The molecule has 0 nitrogen and oxygen atoms in total. The summed E-state index contributed by atoms with van der Waals surface area (Å²) in [5, 5.41) is 0. The molecule has 1 rings (SSSR count). The molecule has 0 atom stereocenters. The van der Waals surface area contributed by atoms with Crippen molar-refractivity contribution < 1.29 is 13.2 Å². The van der Waals surface area contributed by atoms with Crippen molar-refractivity contribution in [2.45, 2.75) is 13.3 Å². The molecule has 1 aromatic carbocycles. The van der Waals surface area contributed by atoms with E-state index in [4.69, 9.17) is 0 Å². The fraction of sp³-hybridized carbons (Fsp3) is 0.250. The Kier molecular flexibility index (Phi) is 3.40. The van der Waals surface area contributed by atoms with Crippen LogP contribution in [0.4, 0.5) is 13.2 Å². The van der Waals surface area contributed by atoms with E-state index in [1.54, 1.807) is 6.92 Å². The van der Waals surface area contributed by atoms with Crippen LogP contribution >= 0.6 is 31.9 Å². The van der Waals surface area contributed by atoms with Crippen molar-refractivity contribution >= 4 is 31.9 Å². The Hall–Kier alpha value is -0.0300. The predicted octanol–water partition coefficient (Wildman–Crippen LogP) is 4.19. The van der Waals surface area contributed by atoms with Crippen LogP contribution < -0.4 is 0 Å². The molecule has 0 N–H and O–H groups in total. The first-order valence-electron chi connectivity index (χ1n) is 3.51. The number of benzene rings is 1. The Bertz CT molecular complexity index is 321. The van der Waals surface area contributed by atoms with Crippen molar-refractivity contribution in [3.63, 3.8) is 0 Å². The van der Waals surface area contributed by atoms with E-state index in [-0.39, 0.29) is 10.0 Å². The summed E-state index contributed by atoms with van der Waals surface area (Å²) in [5.74, 6) is -3.03. The maximum Gasteiger partial charge on any atom is 0.177 e. The average Bonchev–Trinajstić information content (AvgIpc) is 2.13. The fourth-order valence-electron chi connectivity index (χ4n) is 0.961. The first-order valence-corrected chi connectivity index (χ1v) is 5.09. The molecule has 0 radical (unpaired) electrons. The fourth-order valence-corrected chi connectivity index (χ4v) is 2.00. The highest BCUT2D eigenvalue weighted by atomic mass is 79.9. The van der Waals surface area contributed by atoms with Crippen LogP contribution in [0.3, 0.4) is 0 Å². The van der Waals surface area contributed by atoms with E-state index in [1.807, 2.05) is 0 Å². The summed E-state index contributed by atoms with van der Waals surface area (Å²) in [7, 11) is 0. The third-order valence-electron chi connectivity index (χ3n) is 1.65. The van der Waals surface area contributed by atoms with Gasteiger partial charge in [-0.1, -0.05) is 6.92 Å². The highest BCUT2D eigenvalue weighted by molar-refractivity contribution is 9.11. The summed E-state index contributed by atoms with van der Waals surface area (Å²) < 4.78 is 38.5. The van der Waals surface area contributed by atoms with Gasteiger partial charge in [0.1, 0.15) is 5.82 Å². The Balaban J connectivity index is 3.56. The van der Waals surface area contributed by atoms with Crippen LogP contribution in [0.25, 0.3) is 0 Å². The zero-order valence-electron chi connectivity index (χ0n) is 6.60. The van der Waals surface area contributed by atoms with Crippen molar-refractivity contribution in [2.24, 2.45) is 0 Å². The van der Waals surface area contributed by atoms with Gasteiger partial charge in [0.15, 0.2) is 11.6 Å². The minimum atomic E-state index is -1.21. The van der Waals surface area contributed by atoms with Gasteiger partial charge in [-0.15, -0.1) is 0 Å². The number of hydrogen-bond acceptors (Lipinski definition) is 0. The van der Waals surface area contributed by atoms with Crippen LogP contribution in [0.1, 0.15) is 12.5 Å². The van der Waals surface area contributed by atoms with Crippen molar-refractivity contribution in [1.29, 1.82) is 0 Å². The zero-order valence-corrected chi connectivity index (χ0v) is 9.77. The first kappa shape index (κ1) is 11.0. The molecular formula is C8H5Br2F3. The molecule has 0 aromatic heterocycles. The minimum absolute atomic E-state index is 0.130. The van der Waals surface area contributed by atoms with Gasteiger partial charge in [0, 0.05) is 5.56 Å². The molecule has 0 saturated heterocycles. The largest absolute Gasteiger partial charge is 0.205 e. The second kappa shape index (κ2) is 4.00. The molecule has 13 heavy (non-hydrogen) atoms. The second-order valence-corrected chi connectivity index (χ2v) is 3.99. The third kappa shape index (κ3) is 1.76. The van der Waals surface area contributed by atoms with E-state index < -0.39 is 21.9 Å². The molecule has 72 valence electrons. The molecule has 0 heterocycles. The van der Waals surface area contributed by atoms with Gasteiger partial charge in [-0.3, -0.25) is 0 Å². The van der Waals surface area contributed by atoms with Crippen molar-refractivity contribution in [3.8, 4) is 0 Å². The van der Waals surface area contributed by atoms with E-state index in [0.717, 1.165) is 0 Å². The molecule has 0 amide bonds. The number of rotatable bonds is 1. The normalized spacial score (nSPS) is 10.6. The van der Waals surface area contributed by atoms with Gasteiger partial charge in [-0.2, -0.15) is 0 Å². The summed E-state index contributed by atoms with van der Waals surface area (Å²) in [6.45, 7) is 1.66. The van der Waals surface area contributed by atoms with Crippen LogP contribution in [0.2, 0.25) is 0 Å². The molecule has 0 spiro atoms. The molecule has 1 aromatic rings. The molecule has 5 heteroatoms. The molecule has 0 saturated carbocycles. The highest BCUT2D eigenvalue weighted by Gasteiger charge is 2.20. The van der Waals surface area contributed by atoms with Gasteiger partial charge in [-0.25, -0.2) is 13.2 Å². The minimum Gasteiger partial charge on any atom is -0.205 e. The Morgan fingerprint density at radius 2 is 1.38 bits per heavy atom. The maximum atomic E-state index is 13.2. The molecule has 0 bridgehead atoms. The van der Waals surface area contributed by atoms with Crippen molar-refractivity contribution in [1.82, 2.24) is 0 Å². The third-order valence-corrected chi connectivity index (χ3v) is 3.18. The van der Waals surface area contributed by atoms with Crippen LogP contribution in [0.15, 0.2) is 8.95 Å². The van der Waals surface area contributed by atoms with Crippen LogP contribution in [0.5, 0.6) is 0 Å². The van der Waals surface area contributed by atoms with E-state index in [2.05, 4.69) is 31.9 Å². The second-order valence-electron chi connectivity index (χ2n) is 2.40. The van der Waals surface area contributed by atoms with Gasteiger partial charge < -0.3 is 0 Å². The molecule has 0 aliphatic rings. The van der Waals surface area contributed by atoms with E-state index in [9.17, 15) is 13.2 Å². The molecular weight excluding hydrogens is 313 g/mol. The van der Waals surface area contributed by atoms with Crippen LogP contribution in [0, 0.1) is 17.5 Å². The monoisotopic (exact) mass is 316 g/mol. The summed E-state index contributed by atoms with van der Waals surface area (Å²) in [6.07, 6.45) is 0.294. The van der Waals surface area contributed by atoms with E-state index in [1.165, 1.54) is 0 Å². The SMILES string of the molecule is CCc1c(F)c(Br)c(F)c(F)c1Br. The predicted molar refractivity (Wildman–Crippen MR) is 51.1 cm³/mol. The number of hydrogen-bond donors (Lipinski definition) is 0. The van der Waals surface area contributed by atoms with Crippen molar-refractivity contribution in [2.75, 3.05) is 0 Å². The van der Waals surface area contributed by atoms with Crippen LogP contribution in [-0.2, 0) is 6.42 Å². The molecule has 0 fully saturated rings. The van der Waals surface area contributed by atoms with Crippen LogP contribution in [-0.4, -0.2) is 0 Å². The first-order chi connectivity index (χ1) is 6.00. The quantitative estimate of drug-likeness (QED) is 0.538. The Labute approximate surface area is 90.4 Å². The van der Waals surface area contributed by atoms with Gasteiger partial charge in [-0.05, 0) is 38.3 Å². The zero-order chi connectivity index (χ0) is 10.2. The summed E-state index contributed by atoms with van der Waals surface area (Å²) >= 11 is 5.45. The summed E-state index contributed by atoms with van der Waals surface area (Å²) in [5.41, 5.74) is 0.130. The Morgan fingerprint density at radius 1 is 0.923 bits per heavy atom. The topological polar surface area (TPSA) is 0 Å². The highest BCUT2D eigenvalue weighted by Crippen LogP contribution is 2.32. The summed E-state index contributed by atoms with van der Waals surface area (Å²) in [4.78, 5) is 0. The smallest absolute Gasteiger partial charge is 0.177 e. The lowest BCUT2D eigenvalue weighted by Gasteiger charge is -2.07. The maximum absolute atomic E-state index is 13.2. The summed E-state index contributed by atoms with van der Waals surface area (Å²) in [6, 6.07) is 0. The van der Waals surface area contributed by atoms with Gasteiger partial charge in [0.2, 0.25) is 0 Å². The van der Waals surface area contributed by atoms with Crippen molar-refractivity contribution in [3.05, 3.63) is 32.0 Å². The van der Waals surface area contributed by atoms with E-state index in [0.29, 0.717) is 6.42 Å². The lowest BCUT2D eigenvalue weighted by atomic mass is 10.1. The molecule has 0 aliphatic heterocycles. The van der Waals surface area contributed by atoms with E-state index >= 15 is 0 Å².